The average Bonchev–Trinajstić information content (AvgIpc) is 2.38. The number of rotatable bonds is 4. The highest BCUT2D eigenvalue weighted by molar-refractivity contribution is 9.10. The van der Waals surface area contributed by atoms with Gasteiger partial charge in [0.25, 0.3) is 5.69 Å². The first-order valence-corrected chi connectivity index (χ1v) is 6.85. The smallest absolute Gasteiger partial charge is 0.269 e. The normalized spacial score (nSPS) is 10.4. The zero-order chi connectivity index (χ0) is 13.8. The van der Waals surface area contributed by atoms with Crippen LogP contribution in [0.3, 0.4) is 0 Å². The van der Waals surface area contributed by atoms with E-state index in [1.165, 1.54) is 23.9 Å². The summed E-state index contributed by atoms with van der Waals surface area (Å²) in [5, 5.41) is 11.3. The molecule has 0 unspecified atom stereocenters. The number of nitro benzene ring substituents is 1. The lowest BCUT2D eigenvalue weighted by Gasteiger charge is -2.03. The van der Waals surface area contributed by atoms with E-state index >= 15 is 0 Å². The molecule has 0 aliphatic rings. The largest absolute Gasteiger partial charge is 0.324 e. The van der Waals surface area contributed by atoms with E-state index in [0.29, 0.717) is 10.4 Å². The molecule has 0 saturated heterocycles. The third kappa shape index (κ3) is 3.72. The van der Waals surface area contributed by atoms with Crippen molar-refractivity contribution in [3.8, 4) is 0 Å². The van der Waals surface area contributed by atoms with Gasteiger partial charge in [-0.05, 0) is 28.1 Å². The first-order chi connectivity index (χ1) is 9.08. The lowest BCUT2D eigenvalue weighted by molar-refractivity contribution is -0.384. The van der Waals surface area contributed by atoms with Crippen molar-refractivity contribution in [3.63, 3.8) is 0 Å². The second-order valence-electron chi connectivity index (χ2n) is 3.50. The van der Waals surface area contributed by atoms with Crippen LogP contribution < -0.4 is 5.73 Å². The van der Waals surface area contributed by atoms with Crippen LogP contribution in [0.5, 0.6) is 0 Å². The highest BCUT2D eigenvalue weighted by Gasteiger charge is 2.07. The summed E-state index contributed by atoms with van der Waals surface area (Å²) in [5.74, 6) is 0.541. The third-order valence-corrected chi connectivity index (χ3v) is 3.50. The Labute approximate surface area is 121 Å². The summed E-state index contributed by atoms with van der Waals surface area (Å²) in [6.45, 7) is 0.257. The van der Waals surface area contributed by atoms with Gasteiger partial charge in [0.1, 0.15) is 15.5 Å². The monoisotopic (exact) mass is 340 g/mol. The molecule has 1 heterocycles. The van der Waals surface area contributed by atoms with E-state index in [-0.39, 0.29) is 12.2 Å². The Morgan fingerprint density at radius 2 is 2.00 bits per heavy atom. The number of nitrogens with two attached hydrogens (primary N) is 1. The number of nitrogens with zero attached hydrogens (tertiary/aromatic N) is 3. The summed E-state index contributed by atoms with van der Waals surface area (Å²) in [6.07, 6.45) is 0. The minimum atomic E-state index is -0.428. The first-order valence-electron chi connectivity index (χ1n) is 5.24. The Kier molecular flexibility index (Phi) is 4.46. The fraction of sp³-hybridized carbons (Fsp3) is 0.0909. The van der Waals surface area contributed by atoms with E-state index in [0.717, 1.165) is 9.92 Å². The Hall–Kier alpha value is -1.51. The van der Waals surface area contributed by atoms with Gasteiger partial charge in [-0.25, -0.2) is 9.97 Å². The molecule has 2 rings (SSSR count). The molecule has 0 bridgehead atoms. The summed E-state index contributed by atoms with van der Waals surface area (Å²) in [4.78, 5) is 19.4. The second-order valence-corrected chi connectivity index (χ2v) is 5.41. The minimum Gasteiger partial charge on any atom is -0.324 e. The predicted octanol–water partition coefficient (Wildman–Crippen LogP) is 2.76. The quantitative estimate of drug-likeness (QED) is 0.522. The van der Waals surface area contributed by atoms with Gasteiger partial charge in [0.05, 0.1) is 11.5 Å². The molecular formula is C11H9BrN4O2S. The van der Waals surface area contributed by atoms with Crippen LogP contribution in [0.25, 0.3) is 0 Å². The summed E-state index contributed by atoms with van der Waals surface area (Å²) < 4.78 is 0.660. The molecule has 8 heteroatoms. The van der Waals surface area contributed by atoms with Gasteiger partial charge in [-0.1, -0.05) is 11.8 Å². The van der Waals surface area contributed by atoms with E-state index in [4.69, 9.17) is 5.73 Å². The van der Waals surface area contributed by atoms with Gasteiger partial charge in [0, 0.05) is 23.1 Å². The molecule has 0 atom stereocenters. The van der Waals surface area contributed by atoms with Gasteiger partial charge >= 0.3 is 0 Å². The Morgan fingerprint density at radius 3 is 2.58 bits per heavy atom. The molecule has 0 spiro atoms. The topological polar surface area (TPSA) is 94.9 Å². The lowest BCUT2D eigenvalue weighted by Crippen LogP contribution is -2.03. The number of benzene rings is 1. The van der Waals surface area contributed by atoms with Crippen molar-refractivity contribution in [1.82, 2.24) is 9.97 Å². The highest BCUT2D eigenvalue weighted by Crippen LogP contribution is 2.28. The fourth-order valence-corrected chi connectivity index (χ4v) is 2.75. The molecule has 0 saturated carbocycles. The molecule has 1 aromatic carbocycles. The zero-order valence-corrected chi connectivity index (χ0v) is 12.0. The number of nitro groups is 1. The molecule has 1 aromatic heterocycles. The second kappa shape index (κ2) is 6.09. The summed E-state index contributed by atoms with van der Waals surface area (Å²) in [5.41, 5.74) is 5.57. The Morgan fingerprint density at radius 1 is 1.32 bits per heavy atom. The molecule has 0 aliphatic carbocycles. The van der Waals surface area contributed by atoms with Crippen molar-refractivity contribution in [3.05, 3.63) is 50.9 Å². The molecule has 0 fully saturated rings. The summed E-state index contributed by atoms with van der Waals surface area (Å²) in [6, 6.07) is 8.05. The molecule has 6 nitrogen and oxygen atoms in total. The molecule has 98 valence electrons. The van der Waals surface area contributed by atoms with Crippen LogP contribution in [0.4, 0.5) is 5.69 Å². The van der Waals surface area contributed by atoms with Crippen LogP contribution in [0.15, 0.2) is 44.9 Å². The van der Waals surface area contributed by atoms with Crippen LogP contribution >= 0.6 is 27.7 Å². The molecule has 19 heavy (non-hydrogen) atoms. The molecule has 0 radical (unpaired) electrons. The van der Waals surface area contributed by atoms with Crippen LogP contribution in [-0.2, 0) is 6.54 Å². The third-order valence-electron chi connectivity index (χ3n) is 2.17. The molecule has 0 amide bonds. The average molecular weight is 341 g/mol. The molecule has 2 N–H and O–H groups in total. The maximum atomic E-state index is 10.6. The molecule has 2 aromatic rings. The van der Waals surface area contributed by atoms with Crippen molar-refractivity contribution in [1.29, 1.82) is 0 Å². The highest BCUT2D eigenvalue weighted by atomic mass is 79.9. The number of non-ortho nitro benzene ring substituents is 1. The SMILES string of the molecule is NCc1nc(Br)cc(Sc2ccc([N+](=O)[O-])cc2)n1. The summed E-state index contributed by atoms with van der Waals surface area (Å²) in [7, 11) is 0. The van der Waals surface area contributed by atoms with Crippen LogP contribution in [0.2, 0.25) is 0 Å². The zero-order valence-electron chi connectivity index (χ0n) is 9.62. The number of halogens is 1. The summed E-state index contributed by atoms with van der Waals surface area (Å²) >= 11 is 4.68. The maximum Gasteiger partial charge on any atom is 0.269 e. The van der Waals surface area contributed by atoms with Crippen molar-refractivity contribution < 1.29 is 4.92 Å². The van der Waals surface area contributed by atoms with Gasteiger partial charge in [0.2, 0.25) is 0 Å². The van der Waals surface area contributed by atoms with Gasteiger partial charge < -0.3 is 5.73 Å². The van der Waals surface area contributed by atoms with Crippen molar-refractivity contribution in [2.45, 2.75) is 16.5 Å². The van der Waals surface area contributed by atoms with Gasteiger partial charge in [0.15, 0.2) is 0 Å². The fourth-order valence-electron chi connectivity index (χ4n) is 1.34. The van der Waals surface area contributed by atoms with E-state index in [1.807, 2.05) is 0 Å². The van der Waals surface area contributed by atoms with Gasteiger partial charge in [-0.3, -0.25) is 10.1 Å². The van der Waals surface area contributed by atoms with Crippen LogP contribution in [-0.4, -0.2) is 14.9 Å². The van der Waals surface area contributed by atoms with Crippen LogP contribution in [0.1, 0.15) is 5.82 Å². The number of aromatic nitrogens is 2. The van der Waals surface area contributed by atoms with E-state index in [9.17, 15) is 10.1 Å². The molecular weight excluding hydrogens is 332 g/mol. The van der Waals surface area contributed by atoms with Gasteiger partial charge in [-0.15, -0.1) is 0 Å². The van der Waals surface area contributed by atoms with Crippen molar-refractivity contribution in [2.75, 3.05) is 0 Å². The predicted molar refractivity (Wildman–Crippen MR) is 74.8 cm³/mol. The minimum absolute atomic E-state index is 0.0656. The first kappa shape index (κ1) is 13.9. The molecule has 0 aliphatic heterocycles. The Balaban J connectivity index is 2.21. The van der Waals surface area contributed by atoms with E-state index < -0.39 is 4.92 Å². The van der Waals surface area contributed by atoms with E-state index in [1.54, 1.807) is 18.2 Å². The van der Waals surface area contributed by atoms with Crippen LogP contribution in [0, 0.1) is 10.1 Å². The maximum absolute atomic E-state index is 10.6. The van der Waals surface area contributed by atoms with Crippen molar-refractivity contribution >= 4 is 33.4 Å². The van der Waals surface area contributed by atoms with Gasteiger partial charge in [-0.2, -0.15) is 0 Å². The lowest BCUT2D eigenvalue weighted by atomic mass is 10.3. The standard InChI is InChI=1S/C11H9BrN4O2S/c12-9-5-11(15-10(6-13)14-9)19-8-3-1-7(2-4-8)16(17)18/h1-5H,6,13H2. The Bertz CT molecular complexity index is 606. The van der Waals surface area contributed by atoms with E-state index in [2.05, 4.69) is 25.9 Å². The number of hydrogen-bond donors (Lipinski definition) is 1. The van der Waals surface area contributed by atoms with Crippen molar-refractivity contribution in [2.24, 2.45) is 5.73 Å². The number of hydrogen-bond acceptors (Lipinski definition) is 6.